The summed E-state index contributed by atoms with van der Waals surface area (Å²) >= 11 is 0. The van der Waals surface area contributed by atoms with E-state index in [1.165, 1.54) is 12.1 Å². The van der Waals surface area contributed by atoms with Gasteiger partial charge in [0.1, 0.15) is 5.84 Å². The highest BCUT2D eigenvalue weighted by molar-refractivity contribution is 5.99. The SMILES string of the molecule is Oc1ccc(C2=NCCN2)cc1F. The van der Waals surface area contributed by atoms with Gasteiger partial charge in [0.05, 0.1) is 6.54 Å². The molecule has 0 atom stereocenters. The fourth-order valence-corrected chi connectivity index (χ4v) is 1.25. The lowest BCUT2D eigenvalue weighted by Gasteiger charge is -2.02. The van der Waals surface area contributed by atoms with Gasteiger partial charge in [-0.15, -0.1) is 0 Å². The normalized spacial score (nSPS) is 15.3. The van der Waals surface area contributed by atoms with Crippen molar-refractivity contribution >= 4 is 5.84 Å². The predicted octanol–water partition coefficient (Wildman–Crippen LogP) is 0.881. The average Bonchev–Trinajstić information content (AvgIpc) is 2.62. The lowest BCUT2D eigenvalue weighted by Crippen LogP contribution is -2.19. The average molecular weight is 180 g/mol. The second-order valence-electron chi connectivity index (χ2n) is 2.82. The van der Waals surface area contributed by atoms with E-state index < -0.39 is 5.82 Å². The van der Waals surface area contributed by atoms with E-state index in [0.717, 1.165) is 13.1 Å². The van der Waals surface area contributed by atoms with Crippen molar-refractivity contribution in [3.63, 3.8) is 0 Å². The molecule has 0 fully saturated rings. The van der Waals surface area contributed by atoms with Crippen LogP contribution in [-0.4, -0.2) is 24.0 Å². The molecule has 68 valence electrons. The summed E-state index contributed by atoms with van der Waals surface area (Å²) in [6, 6.07) is 4.23. The van der Waals surface area contributed by atoms with Crippen LogP contribution in [0, 0.1) is 5.82 Å². The fraction of sp³-hybridized carbons (Fsp3) is 0.222. The second-order valence-corrected chi connectivity index (χ2v) is 2.82. The Morgan fingerprint density at radius 1 is 1.46 bits per heavy atom. The second kappa shape index (κ2) is 3.05. The van der Waals surface area contributed by atoms with E-state index in [-0.39, 0.29) is 5.75 Å². The number of amidine groups is 1. The van der Waals surface area contributed by atoms with Crippen LogP contribution in [0.4, 0.5) is 4.39 Å². The highest BCUT2D eigenvalue weighted by atomic mass is 19.1. The molecule has 13 heavy (non-hydrogen) atoms. The first-order valence-electron chi connectivity index (χ1n) is 4.04. The molecule has 0 bridgehead atoms. The van der Waals surface area contributed by atoms with E-state index in [1.54, 1.807) is 6.07 Å². The zero-order chi connectivity index (χ0) is 9.26. The van der Waals surface area contributed by atoms with E-state index in [4.69, 9.17) is 5.11 Å². The summed E-state index contributed by atoms with van der Waals surface area (Å²) in [5.41, 5.74) is 0.674. The number of phenolic OH excluding ortho intramolecular Hbond substituents is 1. The summed E-state index contributed by atoms with van der Waals surface area (Å²) in [5.74, 6) is -0.254. The molecule has 0 amide bonds. The molecule has 2 N–H and O–H groups in total. The molecule has 3 nitrogen and oxygen atoms in total. The van der Waals surface area contributed by atoms with Gasteiger partial charge in [0.15, 0.2) is 11.6 Å². The van der Waals surface area contributed by atoms with Gasteiger partial charge in [0.25, 0.3) is 0 Å². The third-order valence-electron chi connectivity index (χ3n) is 1.90. The number of halogens is 1. The van der Waals surface area contributed by atoms with Crippen molar-refractivity contribution < 1.29 is 9.50 Å². The number of hydrogen-bond donors (Lipinski definition) is 2. The summed E-state index contributed by atoms with van der Waals surface area (Å²) in [5, 5.41) is 12.0. The van der Waals surface area contributed by atoms with Gasteiger partial charge >= 0.3 is 0 Å². The molecular formula is C9H9FN2O. The van der Waals surface area contributed by atoms with Gasteiger partial charge in [0.2, 0.25) is 0 Å². The molecule has 0 unspecified atom stereocenters. The van der Waals surface area contributed by atoms with E-state index in [0.29, 0.717) is 11.4 Å². The largest absolute Gasteiger partial charge is 0.505 e. The quantitative estimate of drug-likeness (QED) is 0.673. The monoisotopic (exact) mass is 180 g/mol. The number of aromatic hydroxyl groups is 1. The molecule has 4 heteroatoms. The molecule has 0 aliphatic carbocycles. The van der Waals surface area contributed by atoms with Gasteiger partial charge in [-0.3, -0.25) is 4.99 Å². The van der Waals surface area contributed by atoms with Crippen LogP contribution in [0.15, 0.2) is 23.2 Å². The first-order chi connectivity index (χ1) is 6.27. The topological polar surface area (TPSA) is 44.6 Å². The van der Waals surface area contributed by atoms with Crippen molar-refractivity contribution in [2.24, 2.45) is 4.99 Å². The molecule has 1 aliphatic heterocycles. The highest BCUT2D eigenvalue weighted by Gasteiger charge is 2.09. The molecule has 1 aromatic rings. The van der Waals surface area contributed by atoms with Crippen molar-refractivity contribution in [3.05, 3.63) is 29.6 Å². The van der Waals surface area contributed by atoms with Crippen molar-refractivity contribution in [1.29, 1.82) is 0 Å². The van der Waals surface area contributed by atoms with Gasteiger partial charge in [-0.25, -0.2) is 4.39 Å². The van der Waals surface area contributed by atoms with Gasteiger partial charge in [-0.1, -0.05) is 0 Å². The van der Waals surface area contributed by atoms with Crippen molar-refractivity contribution in [1.82, 2.24) is 5.32 Å². The molecule has 1 aliphatic rings. The number of benzene rings is 1. The standard InChI is InChI=1S/C9H9FN2O/c10-7-5-6(1-2-8(7)13)9-11-3-4-12-9/h1-2,5,13H,3-4H2,(H,11,12). The Balaban J connectivity index is 2.36. The fourth-order valence-electron chi connectivity index (χ4n) is 1.25. The molecule has 1 aromatic carbocycles. The summed E-state index contributed by atoms with van der Waals surface area (Å²) in [6.45, 7) is 1.51. The number of phenols is 1. The smallest absolute Gasteiger partial charge is 0.165 e. The summed E-state index contributed by atoms with van der Waals surface area (Å²) in [4.78, 5) is 4.13. The third-order valence-corrected chi connectivity index (χ3v) is 1.90. The summed E-state index contributed by atoms with van der Waals surface area (Å²) in [7, 11) is 0. The van der Waals surface area contributed by atoms with Crippen LogP contribution in [0.1, 0.15) is 5.56 Å². The van der Waals surface area contributed by atoms with Crippen LogP contribution in [0.5, 0.6) is 5.75 Å². The van der Waals surface area contributed by atoms with Crippen LogP contribution < -0.4 is 5.32 Å². The van der Waals surface area contributed by atoms with Gasteiger partial charge in [0, 0.05) is 12.1 Å². The first-order valence-corrected chi connectivity index (χ1v) is 4.04. The van der Waals surface area contributed by atoms with Gasteiger partial charge in [-0.2, -0.15) is 0 Å². The molecule has 2 rings (SSSR count). The van der Waals surface area contributed by atoms with E-state index in [2.05, 4.69) is 10.3 Å². The molecule has 1 heterocycles. The van der Waals surface area contributed by atoms with Crippen molar-refractivity contribution in [2.75, 3.05) is 13.1 Å². The van der Waals surface area contributed by atoms with Crippen LogP contribution in [0.2, 0.25) is 0 Å². The van der Waals surface area contributed by atoms with Crippen molar-refractivity contribution in [2.45, 2.75) is 0 Å². The Labute approximate surface area is 74.9 Å². The predicted molar refractivity (Wildman–Crippen MR) is 47.5 cm³/mol. The van der Waals surface area contributed by atoms with Crippen LogP contribution in [0.3, 0.4) is 0 Å². The maximum Gasteiger partial charge on any atom is 0.165 e. The summed E-state index contributed by atoms with van der Waals surface area (Å²) < 4.78 is 12.9. The van der Waals surface area contributed by atoms with Crippen LogP contribution in [-0.2, 0) is 0 Å². The molecule has 0 spiro atoms. The maximum atomic E-state index is 12.9. The summed E-state index contributed by atoms with van der Waals surface area (Å²) in [6.07, 6.45) is 0. The third kappa shape index (κ3) is 1.47. The lowest BCUT2D eigenvalue weighted by atomic mass is 10.2. The first kappa shape index (κ1) is 8.04. The van der Waals surface area contributed by atoms with Gasteiger partial charge < -0.3 is 10.4 Å². The lowest BCUT2D eigenvalue weighted by molar-refractivity contribution is 0.432. The minimum Gasteiger partial charge on any atom is -0.505 e. The number of nitrogens with zero attached hydrogens (tertiary/aromatic N) is 1. The number of hydrogen-bond acceptors (Lipinski definition) is 3. The Kier molecular flexibility index (Phi) is 1.88. The van der Waals surface area contributed by atoms with E-state index in [9.17, 15) is 4.39 Å². The van der Waals surface area contributed by atoms with Crippen LogP contribution >= 0.6 is 0 Å². The van der Waals surface area contributed by atoms with Crippen molar-refractivity contribution in [3.8, 4) is 5.75 Å². The maximum absolute atomic E-state index is 12.9. The number of nitrogens with one attached hydrogen (secondary N) is 1. The molecular weight excluding hydrogens is 171 g/mol. The van der Waals surface area contributed by atoms with E-state index in [1.807, 2.05) is 0 Å². The Morgan fingerprint density at radius 2 is 2.31 bits per heavy atom. The zero-order valence-corrected chi connectivity index (χ0v) is 6.92. The van der Waals surface area contributed by atoms with E-state index >= 15 is 0 Å². The highest BCUT2D eigenvalue weighted by Crippen LogP contribution is 2.16. The molecule has 0 saturated heterocycles. The van der Waals surface area contributed by atoms with Crippen LogP contribution in [0.25, 0.3) is 0 Å². The minimum atomic E-state index is -0.617. The van der Waals surface area contributed by atoms with Gasteiger partial charge in [-0.05, 0) is 18.2 Å². The number of aliphatic imine (C=N–C) groups is 1. The molecule has 0 saturated carbocycles. The minimum absolute atomic E-state index is 0.331. The molecule has 0 aromatic heterocycles. The Bertz CT molecular complexity index is 363. The Hall–Kier alpha value is -1.58. The molecule has 0 radical (unpaired) electrons. The number of rotatable bonds is 1. The Morgan fingerprint density at radius 3 is 2.92 bits per heavy atom. The zero-order valence-electron chi connectivity index (χ0n) is 6.92.